The lowest BCUT2D eigenvalue weighted by Crippen LogP contribution is -1.98. The second-order valence-corrected chi connectivity index (χ2v) is 6.12. The fraction of sp³-hybridized carbons (Fsp3) is 0.250. The molecule has 0 radical (unpaired) electrons. The molecule has 0 amide bonds. The van der Waals surface area contributed by atoms with Gasteiger partial charge in [-0.25, -0.2) is 0 Å². The second-order valence-electron chi connectivity index (χ2n) is 6.12. The highest BCUT2D eigenvalue weighted by atomic mass is 16.5. The SMILES string of the molecule is COc1cc(C)c(-c2cc3ccccn3c2C=O)cc1C(C)C. The van der Waals surface area contributed by atoms with Gasteiger partial charge in [-0.1, -0.05) is 19.9 Å². The molecule has 0 aliphatic carbocycles. The van der Waals surface area contributed by atoms with Crippen molar-refractivity contribution in [2.24, 2.45) is 0 Å². The molecule has 0 unspecified atom stereocenters. The Kier molecular flexibility index (Phi) is 3.95. The summed E-state index contributed by atoms with van der Waals surface area (Å²) in [6, 6.07) is 12.2. The number of fused-ring (bicyclic) bond motifs is 1. The van der Waals surface area contributed by atoms with Crippen LogP contribution in [0.5, 0.6) is 5.75 Å². The van der Waals surface area contributed by atoms with Crippen LogP contribution in [0.4, 0.5) is 0 Å². The molecule has 118 valence electrons. The first-order valence-corrected chi connectivity index (χ1v) is 7.81. The number of methoxy groups -OCH3 is 1. The van der Waals surface area contributed by atoms with E-state index in [4.69, 9.17) is 4.74 Å². The topological polar surface area (TPSA) is 30.7 Å². The third kappa shape index (κ3) is 2.52. The predicted molar refractivity (Wildman–Crippen MR) is 93.6 cm³/mol. The minimum absolute atomic E-state index is 0.348. The van der Waals surface area contributed by atoms with E-state index in [-0.39, 0.29) is 0 Å². The highest BCUT2D eigenvalue weighted by Crippen LogP contribution is 2.36. The number of pyridine rings is 1. The largest absolute Gasteiger partial charge is 0.496 e. The summed E-state index contributed by atoms with van der Waals surface area (Å²) in [7, 11) is 1.70. The zero-order valence-corrected chi connectivity index (χ0v) is 14.0. The van der Waals surface area contributed by atoms with Crippen molar-refractivity contribution >= 4 is 11.8 Å². The molecule has 3 rings (SSSR count). The molecule has 1 aromatic carbocycles. The molecule has 0 atom stereocenters. The average molecular weight is 307 g/mol. The van der Waals surface area contributed by atoms with E-state index in [1.54, 1.807) is 7.11 Å². The van der Waals surface area contributed by atoms with Crippen LogP contribution in [0.15, 0.2) is 42.6 Å². The van der Waals surface area contributed by atoms with Crippen LogP contribution in [0.3, 0.4) is 0 Å². The van der Waals surface area contributed by atoms with Crippen LogP contribution < -0.4 is 4.74 Å². The van der Waals surface area contributed by atoms with Crippen molar-refractivity contribution in [3.63, 3.8) is 0 Å². The van der Waals surface area contributed by atoms with Gasteiger partial charge in [0.25, 0.3) is 0 Å². The van der Waals surface area contributed by atoms with E-state index < -0.39 is 0 Å². The molecule has 2 heterocycles. The molecule has 0 saturated carbocycles. The Morgan fingerprint density at radius 1 is 1.13 bits per heavy atom. The van der Waals surface area contributed by atoms with Crippen LogP contribution in [-0.2, 0) is 0 Å². The Morgan fingerprint density at radius 2 is 1.91 bits per heavy atom. The molecule has 3 heteroatoms. The number of carbonyl (C=O) groups is 1. The minimum Gasteiger partial charge on any atom is -0.496 e. The van der Waals surface area contributed by atoms with Gasteiger partial charge < -0.3 is 9.14 Å². The Hall–Kier alpha value is -2.55. The molecular weight excluding hydrogens is 286 g/mol. The quantitative estimate of drug-likeness (QED) is 0.644. The number of nitrogens with zero attached hydrogens (tertiary/aromatic N) is 1. The summed E-state index contributed by atoms with van der Waals surface area (Å²) >= 11 is 0. The summed E-state index contributed by atoms with van der Waals surface area (Å²) in [4.78, 5) is 11.7. The van der Waals surface area contributed by atoms with E-state index in [9.17, 15) is 4.79 Å². The van der Waals surface area contributed by atoms with Gasteiger partial charge in [0.15, 0.2) is 6.29 Å². The number of hydrogen-bond donors (Lipinski definition) is 0. The zero-order chi connectivity index (χ0) is 16.6. The van der Waals surface area contributed by atoms with Gasteiger partial charge in [0, 0.05) is 17.3 Å². The van der Waals surface area contributed by atoms with Gasteiger partial charge >= 0.3 is 0 Å². The van der Waals surface area contributed by atoms with Crippen molar-refractivity contribution in [2.75, 3.05) is 7.11 Å². The van der Waals surface area contributed by atoms with Gasteiger partial charge in [-0.3, -0.25) is 4.79 Å². The third-order valence-electron chi connectivity index (χ3n) is 4.32. The van der Waals surface area contributed by atoms with E-state index in [1.165, 1.54) is 0 Å². The molecule has 0 aliphatic rings. The first-order valence-electron chi connectivity index (χ1n) is 7.81. The van der Waals surface area contributed by atoms with Crippen LogP contribution in [-0.4, -0.2) is 17.8 Å². The minimum atomic E-state index is 0.348. The lowest BCUT2D eigenvalue weighted by molar-refractivity contribution is 0.111. The number of rotatable bonds is 4. The molecule has 0 N–H and O–H groups in total. The highest BCUT2D eigenvalue weighted by molar-refractivity contribution is 5.91. The van der Waals surface area contributed by atoms with Gasteiger partial charge in [-0.2, -0.15) is 0 Å². The van der Waals surface area contributed by atoms with Crippen molar-refractivity contribution in [1.29, 1.82) is 0 Å². The molecule has 0 bridgehead atoms. The van der Waals surface area contributed by atoms with E-state index >= 15 is 0 Å². The Labute approximate surface area is 136 Å². The number of benzene rings is 1. The molecule has 3 aromatic rings. The van der Waals surface area contributed by atoms with Crippen LogP contribution >= 0.6 is 0 Å². The summed E-state index contributed by atoms with van der Waals surface area (Å²) < 4.78 is 7.45. The standard InChI is InChI=1S/C20H21NO2/c1-13(2)16-11-17(14(3)9-20(16)23-4)18-10-15-7-5-6-8-21(15)19(18)12-22/h5-13H,1-4H3. The van der Waals surface area contributed by atoms with Crippen LogP contribution in [0.2, 0.25) is 0 Å². The maximum absolute atomic E-state index is 11.7. The predicted octanol–water partition coefficient (Wildman–Crippen LogP) is 4.86. The van der Waals surface area contributed by atoms with Crippen LogP contribution in [0, 0.1) is 6.92 Å². The smallest absolute Gasteiger partial charge is 0.167 e. The van der Waals surface area contributed by atoms with E-state index in [1.807, 2.05) is 28.8 Å². The van der Waals surface area contributed by atoms with Crippen LogP contribution in [0.1, 0.15) is 41.4 Å². The molecule has 0 aliphatic heterocycles. The Balaban J connectivity index is 2.30. The maximum Gasteiger partial charge on any atom is 0.167 e. The molecule has 0 saturated heterocycles. The molecule has 0 spiro atoms. The van der Waals surface area contributed by atoms with Crippen molar-refractivity contribution in [2.45, 2.75) is 26.7 Å². The number of carbonyl (C=O) groups excluding carboxylic acids is 1. The fourth-order valence-electron chi connectivity index (χ4n) is 3.10. The number of aryl methyl sites for hydroxylation is 1. The second kappa shape index (κ2) is 5.92. The number of ether oxygens (including phenoxy) is 1. The van der Waals surface area contributed by atoms with E-state index in [0.29, 0.717) is 11.6 Å². The van der Waals surface area contributed by atoms with Gasteiger partial charge in [0.05, 0.1) is 12.8 Å². The molecule has 2 aromatic heterocycles. The Morgan fingerprint density at radius 3 is 2.57 bits per heavy atom. The number of aldehydes is 1. The summed E-state index contributed by atoms with van der Waals surface area (Å²) in [6.45, 7) is 6.35. The first kappa shape index (κ1) is 15.3. The zero-order valence-electron chi connectivity index (χ0n) is 14.0. The number of hydrogen-bond acceptors (Lipinski definition) is 2. The highest BCUT2D eigenvalue weighted by Gasteiger charge is 2.17. The van der Waals surface area contributed by atoms with Crippen molar-refractivity contribution < 1.29 is 9.53 Å². The molecular formula is C20H21NO2. The summed E-state index contributed by atoms with van der Waals surface area (Å²) in [5.41, 5.74) is 6.01. The lowest BCUT2D eigenvalue weighted by Gasteiger charge is -2.16. The maximum atomic E-state index is 11.7. The average Bonchev–Trinajstić information content (AvgIpc) is 2.92. The summed E-state index contributed by atoms with van der Waals surface area (Å²) in [5, 5.41) is 0. The normalized spacial score (nSPS) is 11.2. The summed E-state index contributed by atoms with van der Waals surface area (Å²) in [5.74, 6) is 1.25. The third-order valence-corrected chi connectivity index (χ3v) is 4.32. The van der Waals surface area contributed by atoms with E-state index in [2.05, 4.69) is 39.0 Å². The molecule has 0 fully saturated rings. The van der Waals surface area contributed by atoms with Gasteiger partial charge in [-0.05, 0) is 59.9 Å². The fourth-order valence-corrected chi connectivity index (χ4v) is 3.10. The molecule has 23 heavy (non-hydrogen) atoms. The van der Waals surface area contributed by atoms with Gasteiger partial charge in [0.1, 0.15) is 5.75 Å². The van der Waals surface area contributed by atoms with Crippen molar-refractivity contribution in [3.8, 4) is 16.9 Å². The van der Waals surface area contributed by atoms with E-state index in [0.717, 1.165) is 39.8 Å². The van der Waals surface area contributed by atoms with Crippen molar-refractivity contribution in [3.05, 3.63) is 59.4 Å². The van der Waals surface area contributed by atoms with Crippen LogP contribution in [0.25, 0.3) is 16.6 Å². The monoisotopic (exact) mass is 307 g/mol. The number of aromatic nitrogens is 1. The van der Waals surface area contributed by atoms with Gasteiger partial charge in [0.2, 0.25) is 0 Å². The lowest BCUT2D eigenvalue weighted by atomic mass is 9.93. The van der Waals surface area contributed by atoms with Crippen molar-refractivity contribution in [1.82, 2.24) is 4.40 Å². The summed E-state index contributed by atoms with van der Waals surface area (Å²) in [6.07, 6.45) is 2.85. The van der Waals surface area contributed by atoms with Gasteiger partial charge in [-0.15, -0.1) is 0 Å². The Bertz CT molecular complexity index is 875. The molecule has 3 nitrogen and oxygen atoms in total. The first-order chi connectivity index (χ1) is 11.1.